The fraction of sp³-hybridized carbons (Fsp3) is 0.211. The van der Waals surface area contributed by atoms with Crippen LogP contribution in [0.3, 0.4) is 0 Å². The summed E-state index contributed by atoms with van der Waals surface area (Å²) in [6, 6.07) is 12.8. The first-order valence-corrected chi connectivity index (χ1v) is 8.21. The molecule has 7 nitrogen and oxygen atoms in total. The minimum Gasteiger partial charge on any atom is -0.482 e. The molecular weight excluding hydrogens is 355 g/mol. The van der Waals surface area contributed by atoms with Crippen LogP contribution >= 0.6 is 0 Å². The van der Waals surface area contributed by atoms with Crippen LogP contribution in [-0.2, 0) is 14.3 Å². The Bertz CT molecular complexity index is 798. The number of imide groups is 1. The maximum Gasteiger partial charge on any atom is 0.345 e. The molecule has 0 saturated carbocycles. The number of amides is 3. The minimum atomic E-state index is -1.34. The molecule has 8 heteroatoms. The smallest absolute Gasteiger partial charge is 0.345 e. The standard InChI is InChI=1S/C19H19FN2O5/c1-2-21-19(25)22-18(24)17(13-7-4-3-5-8-13)27-16(23)12-26-15-10-6-9-14(20)11-15/h3-11,17H,2,12H2,1H3,(H2,21,22,24,25)/t17-/m0/s1. The molecule has 2 aromatic rings. The second-order valence-corrected chi connectivity index (χ2v) is 5.38. The zero-order chi connectivity index (χ0) is 19.6. The second kappa shape index (κ2) is 9.91. The van der Waals surface area contributed by atoms with Crippen molar-refractivity contribution < 1.29 is 28.2 Å². The van der Waals surface area contributed by atoms with Gasteiger partial charge in [0.25, 0.3) is 5.91 Å². The molecule has 0 saturated heterocycles. The predicted molar refractivity (Wildman–Crippen MR) is 94.4 cm³/mol. The number of carbonyl (C=O) groups is 3. The fourth-order valence-electron chi connectivity index (χ4n) is 2.15. The molecule has 0 bridgehead atoms. The molecule has 0 unspecified atom stereocenters. The van der Waals surface area contributed by atoms with Crippen molar-refractivity contribution in [3.63, 3.8) is 0 Å². The Morgan fingerprint density at radius 1 is 1.07 bits per heavy atom. The van der Waals surface area contributed by atoms with Gasteiger partial charge in [0.05, 0.1) is 0 Å². The molecule has 0 aliphatic rings. The summed E-state index contributed by atoms with van der Waals surface area (Å²) in [5.74, 6) is -2.01. The minimum absolute atomic E-state index is 0.148. The average molecular weight is 374 g/mol. The first kappa shape index (κ1) is 19.9. The Kier molecular flexibility index (Phi) is 7.30. The number of halogens is 1. The van der Waals surface area contributed by atoms with E-state index < -0.39 is 36.4 Å². The van der Waals surface area contributed by atoms with Crippen molar-refractivity contribution in [2.45, 2.75) is 13.0 Å². The first-order chi connectivity index (χ1) is 13.0. The largest absolute Gasteiger partial charge is 0.482 e. The maximum absolute atomic E-state index is 13.1. The summed E-state index contributed by atoms with van der Waals surface area (Å²) in [5.41, 5.74) is 0.387. The van der Waals surface area contributed by atoms with E-state index in [1.165, 1.54) is 18.2 Å². The number of nitrogens with one attached hydrogen (secondary N) is 2. The Morgan fingerprint density at radius 3 is 2.48 bits per heavy atom. The van der Waals surface area contributed by atoms with Gasteiger partial charge in [-0.15, -0.1) is 0 Å². The Balaban J connectivity index is 2.03. The number of urea groups is 1. The quantitative estimate of drug-likeness (QED) is 0.726. The Labute approximate surface area is 155 Å². The van der Waals surface area contributed by atoms with Gasteiger partial charge in [-0.2, -0.15) is 0 Å². The highest BCUT2D eigenvalue weighted by atomic mass is 19.1. The molecular formula is C19H19FN2O5. The van der Waals surface area contributed by atoms with Crippen molar-refractivity contribution >= 4 is 17.9 Å². The molecule has 0 aromatic heterocycles. The van der Waals surface area contributed by atoms with E-state index in [2.05, 4.69) is 10.6 Å². The predicted octanol–water partition coefficient (Wildman–Crippen LogP) is 2.33. The average Bonchev–Trinajstić information content (AvgIpc) is 2.65. The molecule has 2 aromatic carbocycles. The van der Waals surface area contributed by atoms with Gasteiger partial charge in [-0.25, -0.2) is 14.0 Å². The molecule has 0 fully saturated rings. The summed E-state index contributed by atoms with van der Waals surface area (Å²) in [5, 5.41) is 4.53. The second-order valence-electron chi connectivity index (χ2n) is 5.38. The third-order valence-electron chi connectivity index (χ3n) is 3.32. The van der Waals surface area contributed by atoms with Gasteiger partial charge in [0.2, 0.25) is 6.10 Å². The summed E-state index contributed by atoms with van der Waals surface area (Å²) in [7, 11) is 0. The molecule has 3 amide bonds. The van der Waals surface area contributed by atoms with Crippen molar-refractivity contribution in [1.29, 1.82) is 0 Å². The lowest BCUT2D eigenvalue weighted by molar-refractivity contribution is -0.158. The molecule has 0 radical (unpaired) electrons. The van der Waals surface area contributed by atoms with Gasteiger partial charge in [-0.05, 0) is 19.1 Å². The van der Waals surface area contributed by atoms with E-state index in [4.69, 9.17) is 9.47 Å². The van der Waals surface area contributed by atoms with Crippen molar-refractivity contribution in [3.05, 3.63) is 66.0 Å². The Morgan fingerprint density at radius 2 is 1.81 bits per heavy atom. The number of esters is 1. The molecule has 0 aliphatic carbocycles. The van der Waals surface area contributed by atoms with Crippen LogP contribution < -0.4 is 15.4 Å². The molecule has 2 rings (SSSR count). The van der Waals surface area contributed by atoms with Gasteiger partial charge in [0.15, 0.2) is 6.61 Å². The highest BCUT2D eigenvalue weighted by Crippen LogP contribution is 2.18. The first-order valence-electron chi connectivity index (χ1n) is 8.21. The number of ether oxygens (including phenoxy) is 2. The van der Waals surface area contributed by atoms with E-state index in [1.807, 2.05) is 0 Å². The molecule has 0 heterocycles. The van der Waals surface area contributed by atoms with Gasteiger partial charge in [-0.1, -0.05) is 36.4 Å². The normalized spacial score (nSPS) is 11.2. The van der Waals surface area contributed by atoms with Crippen LogP contribution in [0.1, 0.15) is 18.6 Å². The lowest BCUT2D eigenvalue weighted by Crippen LogP contribution is -2.42. The number of benzene rings is 2. The fourth-order valence-corrected chi connectivity index (χ4v) is 2.15. The Hall–Kier alpha value is -3.42. The zero-order valence-corrected chi connectivity index (χ0v) is 14.6. The van der Waals surface area contributed by atoms with Crippen LogP contribution in [0.15, 0.2) is 54.6 Å². The summed E-state index contributed by atoms with van der Waals surface area (Å²) >= 11 is 0. The van der Waals surface area contributed by atoms with Gasteiger partial charge in [0.1, 0.15) is 11.6 Å². The van der Waals surface area contributed by atoms with Crippen LogP contribution in [0.5, 0.6) is 5.75 Å². The van der Waals surface area contributed by atoms with E-state index in [1.54, 1.807) is 37.3 Å². The van der Waals surface area contributed by atoms with Crippen molar-refractivity contribution in [2.75, 3.05) is 13.2 Å². The summed E-state index contributed by atoms with van der Waals surface area (Å²) in [6.07, 6.45) is -1.34. The third kappa shape index (κ3) is 6.43. The lowest BCUT2D eigenvalue weighted by atomic mass is 10.1. The summed E-state index contributed by atoms with van der Waals surface area (Å²) in [4.78, 5) is 36.0. The van der Waals surface area contributed by atoms with Gasteiger partial charge in [0, 0.05) is 18.2 Å². The topological polar surface area (TPSA) is 93.7 Å². The van der Waals surface area contributed by atoms with Gasteiger partial charge in [-0.3, -0.25) is 10.1 Å². The zero-order valence-electron chi connectivity index (χ0n) is 14.6. The van der Waals surface area contributed by atoms with E-state index >= 15 is 0 Å². The number of hydrogen-bond acceptors (Lipinski definition) is 5. The number of carbonyl (C=O) groups excluding carboxylic acids is 3. The van der Waals surface area contributed by atoms with E-state index in [0.717, 1.165) is 6.07 Å². The number of rotatable bonds is 7. The number of hydrogen-bond donors (Lipinski definition) is 2. The van der Waals surface area contributed by atoms with Crippen LogP contribution in [0.2, 0.25) is 0 Å². The third-order valence-corrected chi connectivity index (χ3v) is 3.32. The molecule has 2 N–H and O–H groups in total. The summed E-state index contributed by atoms with van der Waals surface area (Å²) < 4.78 is 23.5. The molecule has 0 spiro atoms. The lowest BCUT2D eigenvalue weighted by Gasteiger charge is -2.18. The van der Waals surface area contributed by atoms with Crippen LogP contribution in [0.4, 0.5) is 9.18 Å². The van der Waals surface area contributed by atoms with Crippen LogP contribution in [-0.4, -0.2) is 31.1 Å². The van der Waals surface area contributed by atoms with Crippen LogP contribution in [0, 0.1) is 5.82 Å². The SMILES string of the molecule is CCNC(=O)NC(=O)[C@@H](OC(=O)COc1cccc(F)c1)c1ccccc1. The van der Waals surface area contributed by atoms with Gasteiger partial charge >= 0.3 is 12.0 Å². The van der Waals surface area contributed by atoms with Crippen molar-refractivity contribution in [1.82, 2.24) is 10.6 Å². The van der Waals surface area contributed by atoms with Crippen LogP contribution in [0.25, 0.3) is 0 Å². The summed E-state index contributed by atoms with van der Waals surface area (Å²) in [6.45, 7) is 1.50. The molecule has 142 valence electrons. The van der Waals surface area contributed by atoms with E-state index in [-0.39, 0.29) is 5.75 Å². The maximum atomic E-state index is 13.1. The molecule has 27 heavy (non-hydrogen) atoms. The van der Waals surface area contributed by atoms with Crippen molar-refractivity contribution in [3.8, 4) is 5.75 Å². The molecule has 1 atom stereocenters. The van der Waals surface area contributed by atoms with Gasteiger partial charge < -0.3 is 14.8 Å². The highest BCUT2D eigenvalue weighted by Gasteiger charge is 2.26. The van der Waals surface area contributed by atoms with E-state index in [0.29, 0.717) is 12.1 Å². The monoisotopic (exact) mass is 374 g/mol. The highest BCUT2D eigenvalue weighted by molar-refractivity contribution is 5.97. The molecule has 0 aliphatic heterocycles. The van der Waals surface area contributed by atoms with Crippen molar-refractivity contribution in [2.24, 2.45) is 0 Å². The van der Waals surface area contributed by atoms with E-state index in [9.17, 15) is 18.8 Å².